The Morgan fingerprint density at radius 1 is 0.682 bits per heavy atom. The maximum atomic E-state index is 7.12. The third-order valence-corrected chi connectivity index (χ3v) is 8.83. The molecule has 2 heterocycles. The molecule has 0 bridgehead atoms. The molecule has 4 N–H and O–H groups in total. The normalized spacial score (nSPS) is 13.5. The van der Waals surface area contributed by atoms with Crippen LogP contribution in [0, 0.1) is 0 Å². The van der Waals surface area contributed by atoms with E-state index in [2.05, 4.69) is 123 Å². The van der Waals surface area contributed by atoms with E-state index in [-0.39, 0.29) is 18.0 Å². The average Bonchev–Trinajstić information content (AvgIpc) is 3.81. The summed E-state index contributed by atoms with van der Waals surface area (Å²) in [6, 6.07) is 36.4. The van der Waals surface area contributed by atoms with Gasteiger partial charge in [0, 0.05) is 46.9 Å². The Labute approximate surface area is 263 Å². The number of rotatable bonds is 12. The molecule has 44 heavy (non-hydrogen) atoms. The van der Waals surface area contributed by atoms with E-state index in [1.54, 1.807) is 0 Å². The summed E-state index contributed by atoms with van der Waals surface area (Å²) in [6.07, 6.45) is 9.11. The second-order valence-electron chi connectivity index (χ2n) is 11.4. The summed E-state index contributed by atoms with van der Waals surface area (Å²) in [5.74, 6) is 0.311. The number of H-pyrrole nitrogens is 2. The summed E-state index contributed by atoms with van der Waals surface area (Å²) < 4.78 is 0. The van der Waals surface area contributed by atoms with Crippen molar-refractivity contribution in [1.29, 1.82) is 0 Å². The fourth-order valence-corrected chi connectivity index (χ4v) is 6.09. The van der Waals surface area contributed by atoms with Crippen LogP contribution in [0.3, 0.4) is 0 Å². The molecule has 0 saturated heterocycles. The van der Waals surface area contributed by atoms with Crippen molar-refractivity contribution in [2.75, 3.05) is 13.6 Å². The molecule has 6 aromatic rings. The van der Waals surface area contributed by atoms with Crippen molar-refractivity contribution in [2.24, 2.45) is 5.73 Å². The minimum atomic E-state index is -0.177. The number of benzene rings is 4. The molecule has 0 fully saturated rings. The molecule has 6 nitrogen and oxygen atoms in total. The van der Waals surface area contributed by atoms with Gasteiger partial charge in [-0.1, -0.05) is 103 Å². The van der Waals surface area contributed by atoms with E-state index in [0.717, 1.165) is 46.7 Å². The van der Waals surface area contributed by atoms with E-state index < -0.39 is 0 Å². The topological polar surface area (TPSA) is 86.6 Å². The van der Waals surface area contributed by atoms with Crippen LogP contribution in [0.25, 0.3) is 22.3 Å². The van der Waals surface area contributed by atoms with Crippen molar-refractivity contribution in [3.8, 4) is 22.3 Å². The monoisotopic (exact) mass is 600 g/mol. The first-order valence-corrected chi connectivity index (χ1v) is 15.4. The first-order chi connectivity index (χ1) is 21.5. The lowest BCUT2D eigenvalue weighted by Gasteiger charge is -2.33. The maximum Gasteiger partial charge on any atom is 0.0643 e. The zero-order chi connectivity index (χ0) is 30.3. The van der Waals surface area contributed by atoms with E-state index in [4.69, 9.17) is 17.3 Å². The lowest BCUT2D eigenvalue weighted by atomic mass is 9.86. The largest absolute Gasteiger partial charge is 0.315 e. The van der Waals surface area contributed by atoms with Crippen LogP contribution in [0.5, 0.6) is 0 Å². The van der Waals surface area contributed by atoms with E-state index in [1.807, 2.05) is 36.9 Å². The molecule has 3 unspecified atom stereocenters. The van der Waals surface area contributed by atoms with Gasteiger partial charge in [0.25, 0.3) is 0 Å². The molecule has 0 aliphatic rings. The zero-order valence-electron chi connectivity index (χ0n) is 24.8. The van der Waals surface area contributed by atoms with E-state index in [1.165, 1.54) is 22.3 Å². The van der Waals surface area contributed by atoms with E-state index in [9.17, 15) is 0 Å². The van der Waals surface area contributed by atoms with Crippen molar-refractivity contribution in [2.45, 2.75) is 30.8 Å². The number of aromatic nitrogens is 4. The van der Waals surface area contributed by atoms with Gasteiger partial charge in [0.2, 0.25) is 0 Å². The molecule has 0 aliphatic carbocycles. The van der Waals surface area contributed by atoms with Crippen molar-refractivity contribution >= 4 is 11.6 Å². The number of halogens is 1. The Morgan fingerprint density at radius 2 is 1.20 bits per heavy atom. The molecule has 2 aromatic heterocycles. The molecular formula is C37H37ClN6. The SMILES string of the molecule is CN(CCC(c1ccc(Cl)cc1)c1ccc(-c2cn[nH]c2)cc1)C(N)C(Cc1ccccc1)c1ccc(-c2cn[nH]c2)cc1. The van der Waals surface area contributed by atoms with Gasteiger partial charge in [-0.2, -0.15) is 10.2 Å². The quantitative estimate of drug-likeness (QED) is 0.125. The molecule has 4 aromatic carbocycles. The molecule has 0 saturated carbocycles. The lowest BCUT2D eigenvalue weighted by Crippen LogP contribution is -2.45. The summed E-state index contributed by atoms with van der Waals surface area (Å²) in [5, 5.41) is 14.7. The predicted octanol–water partition coefficient (Wildman–Crippen LogP) is 7.89. The number of aromatic amines is 2. The average molecular weight is 601 g/mol. The fourth-order valence-electron chi connectivity index (χ4n) is 5.96. The minimum absolute atomic E-state index is 0.115. The van der Waals surface area contributed by atoms with Gasteiger partial charge >= 0.3 is 0 Å². The number of hydrogen-bond acceptors (Lipinski definition) is 4. The molecule has 0 radical (unpaired) electrons. The molecule has 0 amide bonds. The van der Waals surface area contributed by atoms with Crippen LogP contribution in [-0.4, -0.2) is 45.1 Å². The van der Waals surface area contributed by atoms with Crippen molar-refractivity contribution < 1.29 is 0 Å². The Hall–Kier alpha value is -4.49. The Morgan fingerprint density at radius 3 is 1.73 bits per heavy atom. The van der Waals surface area contributed by atoms with Gasteiger partial charge in [-0.3, -0.25) is 15.1 Å². The highest BCUT2D eigenvalue weighted by Crippen LogP contribution is 2.33. The van der Waals surface area contributed by atoms with Crippen LogP contribution >= 0.6 is 11.6 Å². The standard InChI is InChI=1S/C37H37ClN6/c1-44(20-19-35(30-15-17-34(38)18-16-30)29-11-7-27(8-12-29)32-22-40-41-23-32)37(39)36(21-26-5-3-2-4-6-26)31-13-9-28(10-14-31)33-24-42-43-25-33/h2-18,22-25,35-37H,19-21,39H2,1H3,(H,40,41)(H,42,43). The van der Waals surface area contributed by atoms with Gasteiger partial charge in [0.05, 0.1) is 18.6 Å². The smallest absolute Gasteiger partial charge is 0.0643 e. The number of likely N-dealkylation sites (N-methyl/N-ethyl adjacent to an activating group) is 1. The van der Waals surface area contributed by atoms with Crippen LogP contribution in [0.1, 0.15) is 40.5 Å². The Bertz CT molecular complexity index is 1700. The van der Waals surface area contributed by atoms with E-state index in [0.29, 0.717) is 0 Å². The first kappa shape index (κ1) is 29.6. The number of nitrogens with one attached hydrogen (secondary N) is 2. The summed E-state index contributed by atoms with van der Waals surface area (Å²) >= 11 is 6.27. The molecular weight excluding hydrogens is 564 g/mol. The predicted molar refractivity (Wildman–Crippen MR) is 179 cm³/mol. The van der Waals surface area contributed by atoms with Gasteiger partial charge in [-0.05, 0) is 65.4 Å². The summed E-state index contributed by atoms with van der Waals surface area (Å²) in [5.41, 5.74) is 16.5. The molecule has 3 atom stereocenters. The second kappa shape index (κ2) is 13.9. The third kappa shape index (κ3) is 7.00. The van der Waals surface area contributed by atoms with Crippen LogP contribution in [-0.2, 0) is 6.42 Å². The van der Waals surface area contributed by atoms with Crippen LogP contribution in [0.4, 0.5) is 0 Å². The highest BCUT2D eigenvalue weighted by Gasteiger charge is 2.25. The number of nitrogens with two attached hydrogens (primary N) is 1. The third-order valence-electron chi connectivity index (χ3n) is 8.58. The van der Waals surface area contributed by atoms with E-state index >= 15 is 0 Å². The van der Waals surface area contributed by atoms with Crippen LogP contribution in [0.2, 0.25) is 5.02 Å². The van der Waals surface area contributed by atoms with Crippen LogP contribution in [0.15, 0.2) is 128 Å². The number of nitrogens with zero attached hydrogens (tertiary/aromatic N) is 3. The van der Waals surface area contributed by atoms with Gasteiger partial charge in [0.1, 0.15) is 0 Å². The lowest BCUT2D eigenvalue weighted by molar-refractivity contribution is 0.208. The molecule has 0 spiro atoms. The van der Waals surface area contributed by atoms with Gasteiger partial charge in [-0.25, -0.2) is 0 Å². The van der Waals surface area contributed by atoms with Gasteiger partial charge in [0.15, 0.2) is 0 Å². The molecule has 6 rings (SSSR count). The van der Waals surface area contributed by atoms with Crippen molar-refractivity contribution in [1.82, 2.24) is 25.3 Å². The Balaban J connectivity index is 1.23. The summed E-state index contributed by atoms with van der Waals surface area (Å²) in [7, 11) is 2.14. The van der Waals surface area contributed by atoms with Crippen LogP contribution < -0.4 is 5.73 Å². The highest BCUT2D eigenvalue weighted by molar-refractivity contribution is 6.30. The maximum absolute atomic E-state index is 7.12. The second-order valence-corrected chi connectivity index (χ2v) is 11.8. The zero-order valence-corrected chi connectivity index (χ0v) is 25.5. The fraction of sp³-hybridized carbons (Fsp3) is 0.189. The van der Waals surface area contributed by atoms with Crippen molar-refractivity contribution in [3.05, 3.63) is 155 Å². The molecule has 7 heteroatoms. The summed E-state index contributed by atoms with van der Waals surface area (Å²) in [6.45, 7) is 0.830. The first-order valence-electron chi connectivity index (χ1n) is 15.0. The van der Waals surface area contributed by atoms with Gasteiger partial charge in [-0.15, -0.1) is 0 Å². The summed E-state index contributed by atoms with van der Waals surface area (Å²) in [4.78, 5) is 2.31. The highest BCUT2D eigenvalue weighted by atomic mass is 35.5. The molecule has 0 aliphatic heterocycles. The van der Waals surface area contributed by atoms with Gasteiger partial charge < -0.3 is 5.73 Å². The minimum Gasteiger partial charge on any atom is -0.315 e. The Kier molecular flexibility index (Phi) is 9.32. The number of hydrogen-bond donors (Lipinski definition) is 3. The van der Waals surface area contributed by atoms with Crippen molar-refractivity contribution in [3.63, 3.8) is 0 Å². The molecule has 222 valence electrons.